The van der Waals surface area contributed by atoms with Crippen molar-refractivity contribution in [3.8, 4) is 0 Å². The Morgan fingerprint density at radius 1 is 1.60 bits per heavy atom. The Kier molecular flexibility index (Phi) is 1.94. The van der Waals surface area contributed by atoms with Crippen molar-refractivity contribution >= 4 is 22.5 Å². The van der Waals surface area contributed by atoms with Gasteiger partial charge in [-0.2, -0.15) is 0 Å². The van der Waals surface area contributed by atoms with Crippen molar-refractivity contribution in [2.75, 3.05) is 0 Å². The van der Waals surface area contributed by atoms with Crippen LogP contribution in [-0.2, 0) is 4.79 Å². The molecular formula is C6H6N2OS. The van der Waals surface area contributed by atoms with Crippen LogP contribution in [0.3, 0.4) is 0 Å². The van der Waals surface area contributed by atoms with E-state index in [2.05, 4.69) is 9.98 Å². The van der Waals surface area contributed by atoms with Crippen molar-refractivity contribution in [2.45, 2.75) is 13.8 Å². The molecule has 0 aliphatic carbocycles. The Hall–Kier alpha value is -0.990. The van der Waals surface area contributed by atoms with E-state index in [0.29, 0.717) is 5.13 Å². The van der Waals surface area contributed by atoms with Crippen molar-refractivity contribution in [1.82, 2.24) is 4.98 Å². The van der Waals surface area contributed by atoms with Gasteiger partial charge in [-0.15, -0.1) is 4.99 Å². The predicted molar refractivity (Wildman–Crippen MR) is 39.4 cm³/mol. The average Bonchev–Trinajstić information content (AvgIpc) is 2.14. The lowest BCUT2D eigenvalue weighted by molar-refractivity contribution is 0.565. The van der Waals surface area contributed by atoms with Crippen LogP contribution in [0.1, 0.15) is 10.6 Å². The minimum Gasteiger partial charge on any atom is -0.223 e. The van der Waals surface area contributed by atoms with Gasteiger partial charge in [0, 0.05) is 4.88 Å². The molecule has 52 valence electrons. The van der Waals surface area contributed by atoms with E-state index >= 15 is 0 Å². The lowest BCUT2D eigenvalue weighted by Gasteiger charge is -1.77. The molecule has 0 fully saturated rings. The van der Waals surface area contributed by atoms with Crippen LogP contribution in [-0.4, -0.2) is 11.1 Å². The van der Waals surface area contributed by atoms with Crippen molar-refractivity contribution in [3.63, 3.8) is 0 Å². The van der Waals surface area contributed by atoms with Crippen molar-refractivity contribution < 1.29 is 4.79 Å². The lowest BCUT2D eigenvalue weighted by atomic mass is 10.4. The Morgan fingerprint density at radius 3 is 2.70 bits per heavy atom. The van der Waals surface area contributed by atoms with Gasteiger partial charge in [0.1, 0.15) is 0 Å². The van der Waals surface area contributed by atoms with Gasteiger partial charge in [0.25, 0.3) is 0 Å². The van der Waals surface area contributed by atoms with Crippen molar-refractivity contribution in [1.29, 1.82) is 0 Å². The largest absolute Gasteiger partial charge is 0.242 e. The highest BCUT2D eigenvalue weighted by atomic mass is 32.1. The molecule has 3 nitrogen and oxygen atoms in total. The average molecular weight is 154 g/mol. The summed E-state index contributed by atoms with van der Waals surface area (Å²) in [5.74, 6) is 0. The second-order valence-corrected chi connectivity index (χ2v) is 3.02. The Morgan fingerprint density at radius 2 is 2.30 bits per heavy atom. The molecule has 0 N–H and O–H groups in total. The molecular weight excluding hydrogens is 148 g/mol. The number of nitrogens with zero attached hydrogens (tertiary/aromatic N) is 2. The van der Waals surface area contributed by atoms with Gasteiger partial charge >= 0.3 is 0 Å². The molecule has 10 heavy (non-hydrogen) atoms. The predicted octanol–water partition coefficient (Wildman–Crippen LogP) is 1.73. The van der Waals surface area contributed by atoms with E-state index in [1.165, 1.54) is 17.4 Å². The molecule has 0 bridgehead atoms. The van der Waals surface area contributed by atoms with Crippen LogP contribution >= 0.6 is 11.3 Å². The second-order valence-electron chi connectivity index (χ2n) is 1.84. The number of aryl methyl sites for hydroxylation is 2. The number of aromatic nitrogens is 1. The molecule has 0 radical (unpaired) electrons. The van der Waals surface area contributed by atoms with Gasteiger partial charge in [0.05, 0.1) is 5.69 Å². The molecule has 0 amide bonds. The number of rotatable bonds is 1. The van der Waals surface area contributed by atoms with Crippen LogP contribution in [0.2, 0.25) is 0 Å². The first-order chi connectivity index (χ1) is 4.74. The first-order valence-corrected chi connectivity index (χ1v) is 3.57. The Bertz CT molecular complexity index is 266. The minimum absolute atomic E-state index is 0.491. The monoisotopic (exact) mass is 154 g/mol. The number of carbonyl (C=O) groups excluding carboxylic acids is 1. The molecule has 1 heterocycles. The molecule has 1 rings (SSSR count). The summed E-state index contributed by atoms with van der Waals surface area (Å²) in [5.41, 5.74) is 0.930. The zero-order valence-electron chi connectivity index (χ0n) is 5.71. The molecule has 0 saturated heterocycles. The maximum atomic E-state index is 9.77. The molecule has 0 spiro atoms. The summed E-state index contributed by atoms with van der Waals surface area (Å²) in [6.45, 7) is 3.83. The van der Waals surface area contributed by atoms with E-state index in [1.54, 1.807) is 0 Å². The van der Waals surface area contributed by atoms with Gasteiger partial charge in [-0.3, -0.25) is 0 Å². The quantitative estimate of drug-likeness (QED) is 0.456. The number of hydrogen-bond acceptors (Lipinski definition) is 4. The molecule has 0 aliphatic rings. The first kappa shape index (κ1) is 7.12. The van der Waals surface area contributed by atoms with E-state index < -0.39 is 0 Å². The normalized spacial score (nSPS) is 9.00. The van der Waals surface area contributed by atoms with Gasteiger partial charge in [-0.1, -0.05) is 11.3 Å². The van der Waals surface area contributed by atoms with Crippen LogP contribution in [0.5, 0.6) is 0 Å². The number of hydrogen-bond donors (Lipinski definition) is 0. The van der Waals surface area contributed by atoms with Gasteiger partial charge < -0.3 is 0 Å². The third-order valence-electron chi connectivity index (χ3n) is 1.16. The zero-order valence-corrected chi connectivity index (χ0v) is 6.53. The fraction of sp³-hybridized carbons (Fsp3) is 0.333. The summed E-state index contributed by atoms with van der Waals surface area (Å²) in [4.78, 5) is 18.2. The van der Waals surface area contributed by atoms with Crippen LogP contribution in [0.25, 0.3) is 0 Å². The molecule has 0 saturated carbocycles. The van der Waals surface area contributed by atoms with E-state index in [-0.39, 0.29) is 0 Å². The summed E-state index contributed by atoms with van der Waals surface area (Å²) < 4.78 is 0. The zero-order chi connectivity index (χ0) is 7.56. The summed E-state index contributed by atoms with van der Waals surface area (Å²) in [6.07, 6.45) is 1.45. The van der Waals surface area contributed by atoms with Crippen molar-refractivity contribution in [2.24, 2.45) is 4.99 Å². The van der Waals surface area contributed by atoms with Gasteiger partial charge in [0.2, 0.25) is 11.2 Å². The van der Waals surface area contributed by atoms with Gasteiger partial charge in [0.15, 0.2) is 0 Å². The SMILES string of the molecule is Cc1nc(N=C=O)sc1C. The number of aliphatic imine (C=N–C) groups is 1. The molecule has 1 aromatic heterocycles. The van der Waals surface area contributed by atoms with Crippen LogP contribution in [0, 0.1) is 13.8 Å². The minimum atomic E-state index is 0.491. The molecule has 0 aliphatic heterocycles. The first-order valence-electron chi connectivity index (χ1n) is 2.76. The molecule has 0 aromatic carbocycles. The number of thiazole rings is 1. The highest BCUT2D eigenvalue weighted by Crippen LogP contribution is 2.22. The topological polar surface area (TPSA) is 42.3 Å². The molecule has 1 aromatic rings. The lowest BCUT2D eigenvalue weighted by Crippen LogP contribution is -1.69. The van der Waals surface area contributed by atoms with Crippen LogP contribution in [0.4, 0.5) is 5.13 Å². The Labute approximate surface area is 62.4 Å². The van der Waals surface area contributed by atoms with E-state index in [1.807, 2.05) is 13.8 Å². The standard InChI is InChI=1S/C6H6N2OS/c1-4-5(2)10-6(8-4)7-3-9/h1-2H3. The highest BCUT2D eigenvalue weighted by Gasteiger charge is 1.99. The van der Waals surface area contributed by atoms with E-state index in [4.69, 9.17) is 0 Å². The fourth-order valence-electron chi connectivity index (χ4n) is 0.543. The second kappa shape index (κ2) is 2.73. The Balaban J connectivity index is 3.09. The van der Waals surface area contributed by atoms with Gasteiger partial charge in [-0.25, -0.2) is 9.78 Å². The molecule has 4 heteroatoms. The van der Waals surface area contributed by atoms with Crippen molar-refractivity contribution in [3.05, 3.63) is 10.6 Å². The van der Waals surface area contributed by atoms with Crippen LogP contribution < -0.4 is 0 Å². The summed E-state index contributed by atoms with van der Waals surface area (Å²) >= 11 is 1.40. The highest BCUT2D eigenvalue weighted by molar-refractivity contribution is 7.15. The maximum Gasteiger partial charge on any atom is 0.242 e. The van der Waals surface area contributed by atoms with Gasteiger partial charge in [-0.05, 0) is 13.8 Å². The van der Waals surface area contributed by atoms with E-state index in [9.17, 15) is 4.79 Å². The summed E-state index contributed by atoms with van der Waals surface area (Å²) in [6, 6.07) is 0. The molecule has 0 unspecified atom stereocenters. The summed E-state index contributed by atoms with van der Waals surface area (Å²) in [5, 5.41) is 0.491. The fourth-order valence-corrected chi connectivity index (χ4v) is 1.28. The third kappa shape index (κ3) is 1.29. The summed E-state index contributed by atoms with van der Waals surface area (Å²) in [7, 11) is 0. The maximum absolute atomic E-state index is 9.77. The number of isocyanates is 1. The third-order valence-corrected chi connectivity index (χ3v) is 2.13. The smallest absolute Gasteiger partial charge is 0.223 e. The van der Waals surface area contributed by atoms with E-state index in [0.717, 1.165) is 10.6 Å². The molecule has 0 atom stereocenters. The van der Waals surface area contributed by atoms with Crippen LogP contribution in [0.15, 0.2) is 4.99 Å².